The number of rotatable bonds is 3. The molecule has 1 aromatic heterocycles. The Morgan fingerprint density at radius 1 is 1.35 bits per heavy atom. The first kappa shape index (κ1) is 11.4. The number of carbonyl (C=O) groups is 1. The van der Waals surface area contributed by atoms with Crippen molar-refractivity contribution in [1.29, 1.82) is 0 Å². The largest absolute Gasteiger partial charge is 0.478 e. The molecule has 0 saturated carbocycles. The minimum absolute atomic E-state index is 0.393. The zero-order valence-electron chi connectivity index (χ0n) is 9.71. The third kappa shape index (κ3) is 2.36. The second kappa shape index (κ2) is 4.82. The fourth-order valence-corrected chi connectivity index (χ4v) is 1.60. The van der Waals surface area contributed by atoms with E-state index in [1.54, 1.807) is 19.3 Å². The highest BCUT2D eigenvalue weighted by Gasteiger charge is 2.15. The van der Waals surface area contributed by atoms with Gasteiger partial charge in [-0.15, -0.1) is 0 Å². The lowest BCUT2D eigenvalue weighted by atomic mass is 10.1. The van der Waals surface area contributed by atoms with E-state index in [0.717, 1.165) is 10.8 Å². The van der Waals surface area contributed by atoms with Gasteiger partial charge in [0.1, 0.15) is 5.75 Å². The fourth-order valence-electron chi connectivity index (χ4n) is 1.60. The molecule has 2 rings (SSSR count). The lowest BCUT2D eigenvalue weighted by Gasteiger charge is -2.13. The fraction of sp³-hybridized carbons (Fsp3) is 0.231. The third-order valence-electron chi connectivity index (χ3n) is 2.48. The Labute approximate surface area is 99.2 Å². The molecular weight excluding hydrogens is 218 g/mol. The van der Waals surface area contributed by atoms with Gasteiger partial charge in [-0.1, -0.05) is 12.1 Å². The Morgan fingerprint density at radius 2 is 2.18 bits per heavy atom. The summed E-state index contributed by atoms with van der Waals surface area (Å²) in [5.74, 6) is 0.263. The van der Waals surface area contributed by atoms with Crippen LogP contribution in [0.15, 0.2) is 36.7 Å². The molecule has 0 radical (unpaired) electrons. The van der Waals surface area contributed by atoms with Crippen molar-refractivity contribution in [3.8, 4) is 5.75 Å². The highest BCUT2D eigenvalue weighted by atomic mass is 16.6. The summed E-state index contributed by atoms with van der Waals surface area (Å²) in [6.45, 7) is 1.66. The predicted octanol–water partition coefficient (Wildman–Crippen LogP) is 2.18. The van der Waals surface area contributed by atoms with Crippen molar-refractivity contribution in [3.63, 3.8) is 0 Å². The summed E-state index contributed by atoms with van der Waals surface area (Å²) in [6.07, 6.45) is 2.82. The molecule has 0 amide bonds. The average Bonchev–Trinajstić information content (AvgIpc) is 2.38. The Morgan fingerprint density at radius 3 is 2.94 bits per heavy atom. The summed E-state index contributed by atoms with van der Waals surface area (Å²) >= 11 is 0. The first-order valence-corrected chi connectivity index (χ1v) is 5.29. The molecule has 0 saturated heterocycles. The van der Waals surface area contributed by atoms with E-state index in [4.69, 9.17) is 4.74 Å². The van der Waals surface area contributed by atoms with Crippen molar-refractivity contribution < 1.29 is 14.3 Å². The van der Waals surface area contributed by atoms with Crippen LogP contribution in [0.1, 0.15) is 6.92 Å². The molecule has 1 aromatic carbocycles. The number of esters is 1. The second-order valence-electron chi connectivity index (χ2n) is 3.64. The van der Waals surface area contributed by atoms with E-state index in [9.17, 15) is 4.79 Å². The van der Waals surface area contributed by atoms with Gasteiger partial charge in [-0.2, -0.15) is 0 Å². The van der Waals surface area contributed by atoms with E-state index in [2.05, 4.69) is 9.72 Å². The van der Waals surface area contributed by atoms with Gasteiger partial charge in [0.2, 0.25) is 0 Å². The number of fused-ring (bicyclic) bond motifs is 1. The molecule has 2 aromatic rings. The first-order valence-electron chi connectivity index (χ1n) is 5.29. The van der Waals surface area contributed by atoms with Gasteiger partial charge in [0.15, 0.2) is 6.10 Å². The van der Waals surface area contributed by atoms with Crippen LogP contribution in [-0.4, -0.2) is 24.2 Å². The van der Waals surface area contributed by atoms with Gasteiger partial charge in [0.05, 0.1) is 7.11 Å². The Balaban J connectivity index is 2.33. The lowest BCUT2D eigenvalue weighted by Crippen LogP contribution is -2.24. The molecule has 17 heavy (non-hydrogen) atoms. The zero-order chi connectivity index (χ0) is 12.3. The molecule has 0 aliphatic carbocycles. The van der Waals surface area contributed by atoms with Crippen molar-refractivity contribution in [2.45, 2.75) is 13.0 Å². The maximum Gasteiger partial charge on any atom is 0.346 e. The molecule has 4 heteroatoms. The number of hydrogen-bond donors (Lipinski definition) is 0. The number of carbonyl (C=O) groups excluding carboxylic acids is 1. The average molecular weight is 231 g/mol. The van der Waals surface area contributed by atoms with Crippen LogP contribution in [0.5, 0.6) is 5.75 Å². The molecule has 0 fully saturated rings. The zero-order valence-corrected chi connectivity index (χ0v) is 9.71. The van der Waals surface area contributed by atoms with Crippen molar-refractivity contribution in [2.75, 3.05) is 7.11 Å². The Hall–Kier alpha value is -2.10. The molecule has 0 N–H and O–H groups in total. The summed E-state index contributed by atoms with van der Waals surface area (Å²) in [4.78, 5) is 15.3. The minimum atomic E-state index is -0.626. The van der Waals surface area contributed by atoms with Crippen LogP contribution in [0.2, 0.25) is 0 Å². The van der Waals surface area contributed by atoms with Crippen LogP contribution >= 0.6 is 0 Å². The van der Waals surface area contributed by atoms with Crippen LogP contribution < -0.4 is 4.74 Å². The van der Waals surface area contributed by atoms with Gasteiger partial charge >= 0.3 is 5.97 Å². The van der Waals surface area contributed by atoms with Crippen LogP contribution in [0.25, 0.3) is 10.8 Å². The van der Waals surface area contributed by atoms with E-state index >= 15 is 0 Å². The normalized spacial score (nSPS) is 12.1. The molecule has 4 nitrogen and oxygen atoms in total. The van der Waals surface area contributed by atoms with Crippen molar-refractivity contribution in [2.24, 2.45) is 0 Å². The number of pyridine rings is 1. The highest BCUT2D eigenvalue weighted by Crippen LogP contribution is 2.25. The Bertz CT molecular complexity index is 534. The highest BCUT2D eigenvalue weighted by molar-refractivity contribution is 5.87. The van der Waals surface area contributed by atoms with Crippen molar-refractivity contribution in [3.05, 3.63) is 36.7 Å². The Kier molecular flexibility index (Phi) is 3.23. The molecule has 0 bridgehead atoms. The monoisotopic (exact) mass is 231 g/mol. The first-order chi connectivity index (χ1) is 8.22. The summed E-state index contributed by atoms with van der Waals surface area (Å²) in [5, 5.41) is 1.90. The summed E-state index contributed by atoms with van der Waals surface area (Å²) in [7, 11) is 1.34. The number of nitrogens with zero attached hydrogens (tertiary/aromatic N) is 1. The van der Waals surface area contributed by atoms with E-state index in [1.165, 1.54) is 7.11 Å². The van der Waals surface area contributed by atoms with Gasteiger partial charge in [-0.3, -0.25) is 4.98 Å². The van der Waals surface area contributed by atoms with Crippen LogP contribution in [0, 0.1) is 0 Å². The molecule has 1 unspecified atom stereocenters. The molecule has 88 valence electrons. The van der Waals surface area contributed by atoms with Gasteiger partial charge < -0.3 is 9.47 Å². The van der Waals surface area contributed by atoms with Crippen molar-refractivity contribution in [1.82, 2.24) is 4.98 Å². The van der Waals surface area contributed by atoms with E-state index < -0.39 is 12.1 Å². The number of benzene rings is 1. The van der Waals surface area contributed by atoms with Gasteiger partial charge in [-0.05, 0) is 19.1 Å². The standard InChI is InChI=1S/C13H13NO3/c1-9(13(15)16-2)17-12-5-3-4-10-8-14-7-6-11(10)12/h3-9H,1-2H3. The van der Waals surface area contributed by atoms with Crippen molar-refractivity contribution >= 4 is 16.7 Å². The maximum absolute atomic E-state index is 11.3. The third-order valence-corrected chi connectivity index (χ3v) is 2.48. The van der Waals surface area contributed by atoms with E-state index in [-0.39, 0.29) is 0 Å². The maximum atomic E-state index is 11.3. The quantitative estimate of drug-likeness (QED) is 0.759. The SMILES string of the molecule is COC(=O)C(C)Oc1cccc2cnccc12. The summed E-state index contributed by atoms with van der Waals surface area (Å²) in [5.41, 5.74) is 0. The predicted molar refractivity (Wildman–Crippen MR) is 63.8 cm³/mol. The topological polar surface area (TPSA) is 48.4 Å². The number of aromatic nitrogens is 1. The molecular formula is C13H13NO3. The summed E-state index contributed by atoms with van der Waals surface area (Å²) < 4.78 is 10.2. The molecule has 0 aliphatic heterocycles. The van der Waals surface area contributed by atoms with Crippen LogP contribution in [0.3, 0.4) is 0 Å². The number of hydrogen-bond acceptors (Lipinski definition) is 4. The van der Waals surface area contributed by atoms with E-state index in [1.807, 2.05) is 24.3 Å². The summed E-state index contributed by atoms with van der Waals surface area (Å²) in [6, 6.07) is 7.48. The number of methoxy groups -OCH3 is 1. The molecule has 1 atom stereocenters. The van der Waals surface area contributed by atoms with E-state index in [0.29, 0.717) is 5.75 Å². The van der Waals surface area contributed by atoms with Gasteiger partial charge in [0.25, 0.3) is 0 Å². The molecule has 1 heterocycles. The number of ether oxygens (including phenoxy) is 2. The molecule has 0 spiro atoms. The minimum Gasteiger partial charge on any atom is -0.478 e. The van der Waals surface area contributed by atoms with Gasteiger partial charge in [0, 0.05) is 23.2 Å². The lowest BCUT2D eigenvalue weighted by molar-refractivity contribution is -0.147. The molecule has 0 aliphatic rings. The smallest absolute Gasteiger partial charge is 0.346 e. The van der Waals surface area contributed by atoms with Gasteiger partial charge in [-0.25, -0.2) is 4.79 Å². The van der Waals surface area contributed by atoms with Crippen LogP contribution in [-0.2, 0) is 9.53 Å². The second-order valence-corrected chi connectivity index (χ2v) is 3.64. The van der Waals surface area contributed by atoms with Crippen LogP contribution in [0.4, 0.5) is 0 Å².